The summed E-state index contributed by atoms with van der Waals surface area (Å²) in [5.74, 6) is 0.445. The summed E-state index contributed by atoms with van der Waals surface area (Å²) in [6.07, 6.45) is 0. The van der Waals surface area contributed by atoms with Gasteiger partial charge in [0.15, 0.2) is 0 Å². The molecule has 0 aromatic heterocycles. The molecule has 0 fully saturated rings. The zero-order valence-corrected chi connectivity index (χ0v) is 15.4. The molecule has 0 unspecified atom stereocenters. The van der Waals surface area contributed by atoms with Crippen LogP contribution in [-0.4, -0.2) is 4.92 Å². The number of rotatable bonds is 4. The molecule has 24 heavy (non-hydrogen) atoms. The van der Waals surface area contributed by atoms with Crippen LogP contribution in [0.2, 0.25) is 5.02 Å². The topological polar surface area (TPSA) is 52.4 Å². The monoisotopic (exact) mass is 347 g/mol. The molecular weight excluding hydrogens is 326 g/mol. The second-order valence-electron chi connectivity index (χ2n) is 7.00. The molecule has 0 atom stereocenters. The Morgan fingerprint density at radius 3 is 2.17 bits per heavy atom. The van der Waals surface area contributed by atoms with E-state index in [0.29, 0.717) is 12.4 Å². The van der Waals surface area contributed by atoms with Crippen LogP contribution < -0.4 is 4.74 Å². The molecule has 0 saturated heterocycles. The summed E-state index contributed by atoms with van der Waals surface area (Å²) in [6.45, 7) is 11.1. The number of nitrogens with zero attached hydrogens (tertiary/aromatic N) is 1. The van der Waals surface area contributed by atoms with Crippen molar-refractivity contribution in [1.29, 1.82) is 0 Å². The van der Waals surface area contributed by atoms with Gasteiger partial charge in [0.25, 0.3) is 5.69 Å². The van der Waals surface area contributed by atoms with Crippen LogP contribution in [0.25, 0.3) is 0 Å². The highest BCUT2D eigenvalue weighted by atomic mass is 35.5. The maximum atomic E-state index is 10.8. The molecule has 2 aromatic rings. The fraction of sp³-hybridized carbons (Fsp3) is 0.368. The van der Waals surface area contributed by atoms with E-state index in [0.717, 1.165) is 16.7 Å². The van der Waals surface area contributed by atoms with Crippen LogP contribution in [0, 0.1) is 24.0 Å². The number of nitro benzene ring substituents is 1. The predicted octanol–water partition coefficient (Wildman–Crippen LogP) is 5.74. The minimum absolute atomic E-state index is 0.0470. The van der Waals surface area contributed by atoms with Gasteiger partial charge in [-0.05, 0) is 47.6 Å². The van der Waals surface area contributed by atoms with Crippen molar-refractivity contribution in [3.05, 3.63) is 67.7 Å². The number of hydrogen-bond donors (Lipinski definition) is 0. The normalized spacial score (nSPS) is 11.4. The Labute approximate surface area is 147 Å². The highest BCUT2D eigenvalue weighted by Gasteiger charge is 2.17. The molecule has 0 heterocycles. The first-order valence-corrected chi connectivity index (χ1v) is 8.14. The van der Waals surface area contributed by atoms with Crippen molar-refractivity contribution in [2.24, 2.45) is 0 Å². The molecular formula is C19H22ClNO3. The Morgan fingerprint density at radius 1 is 1.12 bits per heavy atom. The molecule has 0 saturated carbocycles. The highest BCUT2D eigenvalue weighted by Crippen LogP contribution is 2.31. The summed E-state index contributed by atoms with van der Waals surface area (Å²) in [4.78, 5) is 10.3. The number of benzene rings is 2. The first kappa shape index (κ1) is 18.3. The summed E-state index contributed by atoms with van der Waals surface area (Å²) < 4.78 is 5.79. The van der Waals surface area contributed by atoms with E-state index < -0.39 is 4.92 Å². The molecule has 0 aliphatic rings. The lowest BCUT2D eigenvalue weighted by atomic mass is 9.84. The van der Waals surface area contributed by atoms with Gasteiger partial charge in [-0.25, -0.2) is 0 Å². The number of ether oxygens (including phenoxy) is 1. The molecule has 0 radical (unpaired) electrons. The third kappa shape index (κ3) is 4.06. The Hall–Kier alpha value is -2.07. The zero-order chi connectivity index (χ0) is 18.1. The lowest BCUT2D eigenvalue weighted by Crippen LogP contribution is -2.13. The lowest BCUT2D eigenvalue weighted by Gasteiger charge is -2.22. The number of halogens is 1. The molecule has 0 aliphatic carbocycles. The van der Waals surface area contributed by atoms with Crippen LogP contribution in [0.3, 0.4) is 0 Å². The second kappa shape index (κ2) is 6.81. The van der Waals surface area contributed by atoms with Crippen LogP contribution >= 0.6 is 11.6 Å². The van der Waals surface area contributed by atoms with E-state index in [1.54, 1.807) is 0 Å². The van der Waals surface area contributed by atoms with Crippen molar-refractivity contribution in [3.8, 4) is 5.75 Å². The predicted molar refractivity (Wildman–Crippen MR) is 97.1 cm³/mol. The fourth-order valence-corrected chi connectivity index (χ4v) is 2.75. The zero-order valence-electron chi connectivity index (χ0n) is 14.6. The van der Waals surface area contributed by atoms with Crippen LogP contribution in [0.4, 0.5) is 5.69 Å². The number of aryl methyl sites for hydroxylation is 2. The molecule has 128 valence electrons. The van der Waals surface area contributed by atoms with Crippen molar-refractivity contribution >= 4 is 17.3 Å². The molecule has 0 bridgehead atoms. The van der Waals surface area contributed by atoms with Crippen molar-refractivity contribution < 1.29 is 9.66 Å². The van der Waals surface area contributed by atoms with Gasteiger partial charge in [-0.1, -0.05) is 44.5 Å². The first-order valence-electron chi connectivity index (χ1n) is 7.77. The minimum Gasteiger partial charge on any atom is -0.487 e. The van der Waals surface area contributed by atoms with E-state index in [4.69, 9.17) is 16.3 Å². The Bertz CT molecular complexity index is 756. The van der Waals surface area contributed by atoms with Crippen LogP contribution in [0.15, 0.2) is 30.3 Å². The van der Waals surface area contributed by atoms with Gasteiger partial charge in [0.2, 0.25) is 0 Å². The van der Waals surface area contributed by atoms with E-state index in [9.17, 15) is 10.1 Å². The Kier molecular flexibility index (Phi) is 5.19. The molecule has 5 heteroatoms. The second-order valence-corrected chi connectivity index (χ2v) is 7.41. The quantitative estimate of drug-likeness (QED) is 0.523. The van der Waals surface area contributed by atoms with Gasteiger partial charge in [0.05, 0.1) is 9.95 Å². The fourth-order valence-electron chi connectivity index (χ4n) is 2.52. The third-order valence-corrected chi connectivity index (χ3v) is 4.36. The van der Waals surface area contributed by atoms with Crippen LogP contribution in [-0.2, 0) is 12.0 Å². The van der Waals surface area contributed by atoms with Gasteiger partial charge < -0.3 is 4.74 Å². The molecule has 0 amide bonds. The molecule has 2 rings (SSSR count). The van der Waals surface area contributed by atoms with Crippen LogP contribution in [0.5, 0.6) is 5.75 Å². The van der Waals surface area contributed by atoms with Gasteiger partial charge in [-0.2, -0.15) is 0 Å². The maximum Gasteiger partial charge on any atom is 0.271 e. The van der Waals surface area contributed by atoms with Crippen molar-refractivity contribution in [2.75, 3.05) is 0 Å². The summed E-state index contributed by atoms with van der Waals surface area (Å²) in [7, 11) is 0. The van der Waals surface area contributed by atoms with Crippen molar-refractivity contribution in [2.45, 2.75) is 46.6 Å². The van der Waals surface area contributed by atoms with E-state index in [2.05, 4.69) is 46.8 Å². The van der Waals surface area contributed by atoms with Gasteiger partial charge in [-0.3, -0.25) is 10.1 Å². The Balaban J connectivity index is 2.22. The number of non-ortho nitro benzene ring substituents is 1. The van der Waals surface area contributed by atoms with E-state index in [1.165, 1.54) is 23.8 Å². The summed E-state index contributed by atoms with van der Waals surface area (Å²) in [5, 5.41) is 11.0. The first-order chi connectivity index (χ1) is 11.1. The number of nitro groups is 1. The van der Waals surface area contributed by atoms with Crippen molar-refractivity contribution in [3.63, 3.8) is 0 Å². The smallest absolute Gasteiger partial charge is 0.271 e. The highest BCUT2D eigenvalue weighted by molar-refractivity contribution is 6.32. The van der Waals surface area contributed by atoms with E-state index in [1.807, 2.05) is 0 Å². The maximum absolute atomic E-state index is 10.8. The average Bonchev–Trinajstić information content (AvgIpc) is 2.46. The molecule has 2 aromatic carbocycles. The van der Waals surface area contributed by atoms with Gasteiger partial charge >= 0.3 is 0 Å². The summed E-state index contributed by atoms with van der Waals surface area (Å²) in [5.41, 5.74) is 4.77. The minimum atomic E-state index is -0.477. The van der Waals surface area contributed by atoms with E-state index in [-0.39, 0.29) is 16.1 Å². The van der Waals surface area contributed by atoms with Gasteiger partial charge in [0, 0.05) is 12.1 Å². The summed E-state index contributed by atoms with van der Waals surface area (Å²) in [6, 6.07) is 8.60. The molecule has 4 nitrogen and oxygen atoms in total. The van der Waals surface area contributed by atoms with Gasteiger partial charge in [0.1, 0.15) is 12.4 Å². The van der Waals surface area contributed by atoms with E-state index >= 15 is 0 Å². The SMILES string of the molecule is Cc1cc(C(C)(C)C)cc(C)c1COc1ccc([N+](=O)[O-])cc1Cl. The third-order valence-electron chi connectivity index (χ3n) is 4.06. The van der Waals surface area contributed by atoms with Gasteiger partial charge in [-0.15, -0.1) is 0 Å². The molecule has 0 spiro atoms. The number of hydrogen-bond acceptors (Lipinski definition) is 3. The average molecular weight is 348 g/mol. The lowest BCUT2D eigenvalue weighted by molar-refractivity contribution is -0.384. The summed E-state index contributed by atoms with van der Waals surface area (Å²) >= 11 is 6.07. The largest absolute Gasteiger partial charge is 0.487 e. The van der Waals surface area contributed by atoms with Crippen LogP contribution in [0.1, 0.15) is 43.0 Å². The molecule has 0 N–H and O–H groups in total. The molecule has 0 aliphatic heterocycles. The standard InChI is InChI=1S/C19H22ClNO3/c1-12-8-14(19(3,4)5)9-13(2)16(12)11-24-18-7-6-15(21(22)23)10-17(18)20/h6-10H,11H2,1-5H3. The van der Waals surface area contributed by atoms with Crippen molar-refractivity contribution in [1.82, 2.24) is 0 Å². The Morgan fingerprint density at radius 2 is 1.71 bits per heavy atom.